The number of aliphatic hydroxyl groups excluding tert-OH is 1. The molecular formula is C11H18FN3O2. The lowest BCUT2D eigenvalue weighted by Crippen LogP contribution is -2.34. The lowest BCUT2D eigenvalue weighted by molar-refractivity contribution is 0.165. The summed E-state index contributed by atoms with van der Waals surface area (Å²) in [6.07, 6.45) is 1.07. The first-order valence-corrected chi connectivity index (χ1v) is 5.28. The van der Waals surface area contributed by atoms with E-state index >= 15 is 0 Å². The van der Waals surface area contributed by atoms with Crippen LogP contribution in [-0.2, 0) is 0 Å². The molecule has 0 amide bonds. The van der Waals surface area contributed by atoms with Crippen molar-refractivity contribution in [3.8, 4) is 5.88 Å². The van der Waals surface area contributed by atoms with E-state index in [2.05, 4.69) is 9.97 Å². The van der Waals surface area contributed by atoms with Gasteiger partial charge in [0, 0.05) is 25.6 Å². The summed E-state index contributed by atoms with van der Waals surface area (Å²) in [5.41, 5.74) is -0.278. The number of aliphatic hydroxyl groups is 1. The fourth-order valence-corrected chi connectivity index (χ4v) is 1.43. The minimum absolute atomic E-state index is 0.0513. The number of rotatable bonds is 5. The van der Waals surface area contributed by atoms with E-state index in [4.69, 9.17) is 4.74 Å². The molecule has 0 atom stereocenters. The second kappa shape index (κ2) is 5.27. The molecule has 0 aliphatic rings. The first kappa shape index (κ1) is 13.6. The topological polar surface area (TPSA) is 58.5 Å². The van der Waals surface area contributed by atoms with Gasteiger partial charge in [-0.1, -0.05) is 13.8 Å². The molecule has 0 saturated carbocycles. The van der Waals surface area contributed by atoms with Crippen LogP contribution in [0.1, 0.15) is 13.8 Å². The summed E-state index contributed by atoms with van der Waals surface area (Å²) in [4.78, 5) is 9.58. The second-order valence-corrected chi connectivity index (χ2v) is 4.71. The van der Waals surface area contributed by atoms with Crippen LogP contribution in [0.4, 0.5) is 10.3 Å². The van der Waals surface area contributed by atoms with Gasteiger partial charge in [0.25, 0.3) is 5.88 Å². The number of hydrogen-bond donors (Lipinski definition) is 1. The van der Waals surface area contributed by atoms with Crippen molar-refractivity contribution in [2.45, 2.75) is 13.8 Å². The van der Waals surface area contributed by atoms with Crippen molar-refractivity contribution in [3.63, 3.8) is 0 Å². The Morgan fingerprint density at radius 1 is 1.53 bits per heavy atom. The van der Waals surface area contributed by atoms with Crippen molar-refractivity contribution < 1.29 is 14.2 Å². The molecule has 0 spiro atoms. The summed E-state index contributed by atoms with van der Waals surface area (Å²) in [6, 6.07) is 0. The van der Waals surface area contributed by atoms with Crippen LogP contribution in [0.3, 0.4) is 0 Å². The molecule has 1 aromatic heterocycles. The molecule has 17 heavy (non-hydrogen) atoms. The molecule has 0 bridgehead atoms. The Kier molecular flexibility index (Phi) is 4.22. The Balaban J connectivity index is 2.86. The first-order chi connectivity index (χ1) is 7.89. The maximum Gasteiger partial charge on any atom is 0.255 e. The van der Waals surface area contributed by atoms with Crippen LogP contribution in [0.25, 0.3) is 0 Å². The molecule has 0 aliphatic carbocycles. The van der Waals surface area contributed by atoms with Crippen molar-refractivity contribution in [2.75, 3.05) is 32.2 Å². The van der Waals surface area contributed by atoms with Crippen LogP contribution in [0.2, 0.25) is 0 Å². The van der Waals surface area contributed by atoms with Crippen LogP contribution < -0.4 is 9.64 Å². The number of hydrogen-bond acceptors (Lipinski definition) is 5. The fraction of sp³-hybridized carbons (Fsp3) is 0.636. The Hall–Kier alpha value is -1.43. The van der Waals surface area contributed by atoms with Crippen LogP contribution in [0.5, 0.6) is 5.88 Å². The molecule has 96 valence electrons. The number of aromatic nitrogens is 2. The summed E-state index contributed by atoms with van der Waals surface area (Å²) < 4.78 is 17.9. The summed E-state index contributed by atoms with van der Waals surface area (Å²) in [7, 11) is 3.14. The highest BCUT2D eigenvalue weighted by molar-refractivity contribution is 5.31. The number of halogens is 1. The molecule has 6 heteroatoms. The lowest BCUT2D eigenvalue weighted by Gasteiger charge is -2.28. The number of ether oxygens (including phenoxy) is 1. The van der Waals surface area contributed by atoms with Crippen LogP contribution in [0.15, 0.2) is 6.20 Å². The molecule has 1 rings (SSSR count). The summed E-state index contributed by atoms with van der Waals surface area (Å²) in [6.45, 7) is 4.45. The van der Waals surface area contributed by atoms with E-state index in [-0.39, 0.29) is 17.9 Å². The van der Waals surface area contributed by atoms with Gasteiger partial charge >= 0.3 is 0 Å². The first-order valence-electron chi connectivity index (χ1n) is 5.28. The highest BCUT2D eigenvalue weighted by Gasteiger charge is 2.21. The van der Waals surface area contributed by atoms with Crippen molar-refractivity contribution >= 4 is 5.95 Å². The normalized spacial score (nSPS) is 11.4. The average Bonchev–Trinajstić information content (AvgIpc) is 2.29. The molecule has 0 saturated heterocycles. The quantitative estimate of drug-likeness (QED) is 0.838. The van der Waals surface area contributed by atoms with Crippen LogP contribution >= 0.6 is 0 Å². The van der Waals surface area contributed by atoms with Crippen LogP contribution in [0, 0.1) is 11.2 Å². The zero-order chi connectivity index (χ0) is 13.1. The minimum Gasteiger partial charge on any atom is -0.479 e. The molecule has 1 aromatic rings. The van der Waals surface area contributed by atoms with E-state index in [1.165, 1.54) is 7.11 Å². The Labute approximate surface area is 100 Å². The van der Waals surface area contributed by atoms with E-state index in [1.807, 2.05) is 13.8 Å². The van der Waals surface area contributed by atoms with E-state index in [9.17, 15) is 9.50 Å². The van der Waals surface area contributed by atoms with Crippen molar-refractivity contribution in [1.29, 1.82) is 0 Å². The third kappa shape index (κ3) is 3.52. The molecule has 0 aromatic carbocycles. The van der Waals surface area contributed by atoms with Gasteiger partial charge < -0.3 is 14.7 Å². The van der Waals surface area contributed by atoms with E-state index in [0.717, 1.165) is 6.20 Å². The van der Waals surface area contributed by atoms with Gasteiger partial charge in [0.05, 0.1) is 13.3 Å². The van der Waals surface area contributed by atoms with Gasteiger partial charge in [0.2, 0.25) is 11.8 Å². The van der Waals surface area contributed by atoms with Gasteiger partial charge in [-0.2, -0.15) is 9.37 Å². The molecule has 1 heterocycles. The van der Waals surface area contributed by atoms with Crippen LogP contribution in [-0.4, -0.2) is 42.4 Å². The Bertz CT molecular complexity index is 385. The van der Waals surface area contributed by atoms with E-state index in [0.29, 0.717) is 12.5 Å². The molecule has 0 aliphatic heterocycles. The van der Waals surface area contributed by atoms with Gasteiger partial charge in [-0.3, -0.25) is 0 Å². The van der Waals surface area contributed by atoms with Crippen molar-refractivity contribution in [1.82, 2.24) is 9.97 Å². The molecule has 0 fully saturated rings. The fourth-order valence-electron chi connectivity index (χ4n) is 1.43. The molecule has 5 nitrogen and oxygen atoms in total. The van der Waals surface area contributed by atoms with Gasteiger partial charge in [-0.25, -0.2) is 4.98 Å². The molecular weight excluding hydrogens is 225 g/mol. The SMILES string of the molecule is COc1nc(N(C)CC(C)(C)CO)ncc1F. The molecule has 0 radical (unpaired) electrons. The number of methoxy groups -OCH3 is 1. The number of anilines is 1. The highest BCUT2D eigenvalue weighted by atomic mass is 19.1. The minimum atomic E-state index is -0.592. The summed E-state index contributed by atoms with van der Waals surface area (Å²) in [5, 5.41) is 9.18. The van der Waals surface area contributed by atoms with Crippen molar-refractivity contribution in [3.05, 3.63) is 12.0 Å². The predicted octanol–water partition coefficient (Wildman–Crippen LogP) is 1.08. The Morgan fingerprint density at radius 2 is 2.18 bits per heavy atom. The lowest BCUT2D eigenvalue weighted by atomic mass is 9.94. The van der Waals surface area contributed by atoms with Crippen molar-refractivity contribution in [2.24, 2.45) is 5.41 Å². The third-order valence-corrected chi connectivity index (χ3v) is 2.33. The zero-order valence-electron chi connectivity index (χ0n) is 10.6. The smallest absolute Gasteiger partial charge is 0.255 e. The summed E-state index contributed by atoms with van der Waals surface area (Å²) in [5.74, 6) is -0.306. The third-order valence-electron chi connectivity index (χ3n) is 2.33. The van der Waals surface area contributed by atoms with Gasteiger partial charge in [0.1, 0.15) is 0 Å². The highest BCUT2D eigenvalue weighted by Crippen LogP contribution is 2.20. The predicted molar refractivity (Wildman–Crippen MR) is 62.7 cm³/mol. The molecule has 1 N–H and O–H groups in total. The molecule has 0 unspecified atom stereocenters. The van der Waals surface area contributed by atoms with Gasteiger partial charge in [-0.15, -0.1) is 0 Å². The summed E-state index contributed by atoms with van der Waals surface area (Å²) >= 11 is 0. The maximum absolute atomic E-state index is 13.1. The zero-order valence-corrected chi connectivity index (χ0v) is 10.6. The second-order valence-electron chi connectivity index (χ2n) is 4.71. The largest absolute Gasteiger partial charge is 0.479 e. The van der Waals surface area contributed by atoms with Gasteiger partial charge in [0.15, 0.2) is 0 Å². The average molecular weight is 243 g/mol. The Morgan fingerprint density at radius 3 is 2.71 bits per heavy atom. The monoisotopic (exact) mass is 243 g/mol. The van der Waals surface area contributed by atoms with Gasteiger partial charge in [-0.05, 0) is 0 Å². The number of nitrogens with zero attached hydrogens (tertiary/aromatic N) is 3. The standard InChI is InChI=1S/C11H18FN3O2/c1-11(2,7-16)6-15(3)10-13-5-8(12)9(14-10)17-4/h5,16H,6-7H2,1-4H3. The maximum atomic E-state index is 13.1. The van der Waals surface area contributed by atoms with E-state index in [1.54, 1.807) is 11.9 Å². The van der Waals surface area contributed by atoms with E-state index < -0.39 is 5.82 Å².